The third-order valence-corrected chi connectivity index (χ3v) is 1.63. The molecular weight excluding hydrogens is 191 g/mol. The minimum Gasteiger partial charge on any atom is -0.550 e. The van der Waals surface area contributed by atoms with Crippen molar-refractivity contribution >= 4 is 5.97 Å². The summed E-state index contributed by atoms with van der Waals surface area (Å²) in [6, 6.07) is 0. The zero-order valence-corrected chi connectivity index (χ0v) is 12.9. The van der Waals surface area contributed by atoms with E-state index >= 15 is 0 Å². The van der Waals surface area contributed by atoms with E-state index in [4.69, 9.17) is 0 Å². The van der Waals surface area contributed by atoms with Crippen LogP contribution in [-0.2, 0) is 4.79 Å². The Kier molecular flexibility index (Phi) is 7.45. The number of carbonyl (C=O) groups excluding carboxylic acids is 1. The molecule has 0 saturated heterocycles. The third-order valence-electron chi connectivity index (χ3n) is 1.63. The summed E-state index contributed by atoms with van der Waals surface area (Å²) < 4.78 is 0. The molecule has 0 amide bonds. The van der Waals surface area contributed by atoms with Crippen molar-refractivity contribution in [2.45, 2.75) is 47.5 Å². The Morgan fingerprint density at radius 1 is 1.15 bits per heavy atom. The topological polar surface area (TPSA) is 40.1 Å². The number of carboxylic acid groups (broad SMARTS) is 1. The van der Waals surface area contributed by atoms with Gasteiger partial charge in [0.15, 0.2) is 0 Å². The Morgan fingerprint density at radius 3 is 1.77 bits per heavy atom. The van der Waals surface area contributed by atoms with Gasteiger partial charge in [-0.2, -0.15) is 0 Å². The summed E-state index contributed by atoms with van der Waals surface area (Å²) in [6.07, 6.45) is 1.04. The largest absolute Gasteiger partial charge is 1.00 e. The molecule has 3 heteroatoms. The molecule has 0 spiro atoms. The molecule has 2 nitrogen and oxygen atoms in total. The smallest absolute Gasteiger partial charge is 0.550 e. The predicted molar refractivity (Wildman–Crippen MR) is 47.5 cm³/mol. The van der Waals surface area contributed by atoms with Crippen molar-refractivity contribution in [3.05, 3.63) is 0 Å². The van der Waals surface area contributed by atoms with Gasteiger partial charge < -0.3 is 9.90 Å². The monoisotopic (exact) mass is 210 g/mol. The van der Waals surface area contributed by atoms with Gasteiger partial charge in [-0.25, -0.2) is 0 Å². The second kappa shape index (κ2) is 5.86. The maximum absolute atomic E-state index is 10.4. The normalized spacial score (nSPS) is 12.1. The average Bonchev–Trinajstić information content (AvgIpc) is 1.48. The molecule has 0 unspecified atom stereocenters. The zero-order valence-electron chi connectivity index (χ0n) is 9.73. The van der Waals surface area contributed by atoms with Gasteiger partial charge in [-0.1, -0.05) is 34.6 Å². The molecule has 0 radical (unpaired) electrons. The summed E-state index contributed by atoms with van der Waals surface area (Å²) in [4.78, 5) is 10.4. The van der Waals surface area contributed by atoms with Crippen molar-refractivity contribution in [2.24, 2.45) is 10.8 Å². The van der Waals surface area contributed by atoms with Gasteiger partial charge >= 0.3 is 51.4 Å². The van der Waals surface area contributed by atoms with E-state index in [1.807, 2.05) is 13.8 Å². The maximum Gasteiger partial charge on any atom is 1.00 e. The SMILES string of the molecule is CC(C)(C)CC(C)(C)CC(=O)[O-].[K+]. The second-order valence-electron chi connectivity index (χ2n) is 5.45. The number of carboxylic acids is 1. The van der Waals surface area contributed by atoms with Gasteiger partial charge in [0, 0.05) is 5.97 Å². The van der Waals surface area contributed by atoms with Crippen molar-refractivity contribution < 1.29 is 61.3 Å². The molecule has 0 bridgehead atoms. The number of hydrogen-bond donors (Lipinski definition) is 0. The minimum absolute atomic E-state index is 0. The first-order valence-electron chi connectivity index (χ1n) is 4.32. The number of rotatable bonds is 3. The third kappa shape index (κ3) is 11.0. The molecule has 0 fully saturated rings. The Hall–Kier alpha value is 1.11. The molecule has 0 aliphatic carbocycles. The van der Waals surface area contributed by atoms with E-state index < -0.39 is 5.97 Å². The van der Waals surface area contributed by atoms with Crippen LogP contribution in [0, 0.1) is 10.8 Å². The molecule has 0 atom stereocenters. The molecule has 0 saturated carbocycles. The number of hydrogen-bond acceptors (Lipinski definition) is 2. The first-order valence-corrected chi connectivity index (χ1v) is 4.32. The Morgan fingerprint density at radius 2 is 1.54 bits per heavy atom. The summed E-state index contributed by atoms with van der Waals surface area (Å²) in [5.41, 5.74) is 0.0238. The van der Waals surface area contributed by atoms with E-state index in [2.05, 4.69) is 20.8 Å². The Bertz CT molecular complexity index is 168. The van der Waals surface area contributed by atoms with Crippen LogP contribution in [0.2, 0.25) is 0 Å². The number of carbonyl (C=O) groups is 1. The van der Waals surface area contributed by atoms with Crippen LogP contribution in [0.3, 0.4) is 0 Å². The van der Waals surface area contributed by atoms with Crippen molar-refractivity contribution in [1.82, 2.24) is 0 Å². The van der Waals surface area contributed by atoms with Gasteiger partial charge in [-0.3, -0.25) is 0 Å². The van der Waals surface area contributed by atoms with Gasteiger partial charge in [-0.05, 0) is 23.7 Å². The van der Waals surface area contributed by atoms with Crippen LogP contribution in [0.5, 0.6) is 0 Å². The van der Waals surface area contributed by atoms with Gasteiger partial charge in [0.1, 0.15) is 0 Å². The first-order chi connectivity index (χ1) is 5.12. The molecular formula is C10H19KO2. The van der Waals surface area contributed by atoms with E-state index in [1.165, 1.54) is 0 Å². The van der Waals surface area contributed by atoms with E-state index in [0.717, 1.165) is 6.42 Å². The quantitative estimate of drug-likeness (QED) is 0.537. The van der Waals surface area contributed by atoms with Crippen LogP contribution < -0.4 is 56.5 Å². The maximum atomic E-state index is 10.4. The standard InChI is InChI=1S/C10H20O2.K/c1-9(2,3)7-10(4,5)6-8(11)12;/h6-7H2,1-5H3,(H,11,12);/q;+1/p-1. The molecule has 0 heterocycles. The van der Waals surface area contributed by atoms with Crippen LogP contribution in [-0.4, -0.2) is 5.97 Å². The van der Waals surface area contributed by atoms with E-state index in [9.17, 15) is 9.90 Å². The van der Waals surface area contributed by atoms with Crippen molar-refractivity contribution in [3.8, 4) is 0 Å². The van der Waals surface area contributed by atoms with Crippen molar-refractivity contribution in [1.29, 1.82) is 0 Å². The van der Waals surface area contributed by atoms with E-state index in [0.29, 0.717) is 0 Å². The predicted octanol–water partition coefficient (Wildman–Crippen LogP) is -1.41. The molecule has 0 aromatic rings. The van der Waals surface area contributed by atoms with Gasteiger partial charge in [0.2, 0.25) is 0 Å². The van der Waals surface area contributed by atoms with Crippen LogP contribution in [0.15, 0.2) is 0 Å². The molecule has 0 aromatic heterocycles. The van der Waals surface area contributed by atoms with Gasteiger partial charge in [-0.15, -0.1) is 0 Å². The summed E-state index contributed by atoms with van der Waals surface area (Å²) in [7, 11) is 0. The fraction of sp³-hybridized carbons (Fsp3) is 0.900. The average molecular weight is 210 g/mol. The Balaban J connectivity index is 0. The fourth-order valence-corrected chi connectivity index (χ4v) is 1.89. The summed E-state index contributed by atoms with van der Waals surface area (Å²) >= 11 is 0. The first kappa shape index (κ1) is 16.5. The molecule has 0 aliphatic rings. The summed E-state index contributed by atoms with van der Waals surface area (Å²) in [6.45, 7) is 10.3. The summed E-state index contributed by atoms with van der Waals surface area (Å²) in [5.74, 6) is -0.954. The van der Waals surface area contributed by atoms with E-state index in [1.54, 1.807) is 0 Å². The van der Waals surface area contributed by atoms with Gasteiger partial charge in [0.25, 0.3) is 0 Å². The number of aliphatic carboxylic acids is 1. The van der Waals surface area contributed by atoms with Crippen molar-refractivity contribution in [3.63, 3.8) is 0 Å². The molecule has 0 aliphatic heterocycles. The van der Waals surface area contributed by atoms with E-state index in [-0.39, 0.29) is 68.6 Å². The van der Waals surface area contributed by atoms with Crippen LogP contribution in [0.25, 0.3) is 0 Å². The Labute approximate surface area is 124 Å². The minimum atomic E-state index is -0.954. The summed E-state index contributed by atoms with van der Waals surface area (Å²) in [5, 5.41) is 10.4. The molecule has 0 rings (SSSR count). The van der Waals surface area contributed by atoms with Crippen LogP contribution in [0.1, 0.15) is 47.5 Å². The molecule has 0 aromatic carbocycles. The van der Waals surface area contributed by atoms with Crippen LogP contribution >= 0.6 is 0 Å². The zero-order chi connectivity index (χ0) is 9.99. The van der Waals surface area contributed by atoms with Crippen molar-refractivity contribution in [2.75, 3.05) is 0 Å². The van der Waals surface area contributed by atoms with Gasteiger partial charge in [0.05, 0.1) is 0 Å². The molecule has 13 heavy (non-hydrogen) atoms. The molecule has 0 N–H and O–H groups in total. The second-order valence-corrected chi connectivity index (χ2v) is 5.45. The molecule has 72 valence electrons. The fourth-order valence-electron chi connectivity index (χ4n) is 1.89. The van der Waals surface area contributed by atoms with Crippen LogP contribution in [0.4, 0.5) is 0 Å².